The first-order valence-corrected chi connectivity index (χ1v) is 10.8. The molecule has 1 saturated carbocycles. The van der Waals surface area contributed by atoms with E-state index in [4.69, 9.17) is 0 Å². The molecule has 2 aromatic carbocycles. The van der Waals surface area contributed by atoms with Crippen molar-refractivity contribution in [3.05, 3.63) is 71.2 Å². The number of hydrogen-bond acceptors (Lipinski definition) is 3. The summed E-state index contributed by atoms with van der Waals surface area (Å²) in [5.41, 5.74) is -2.16. The molecule has 4 rings (SSSR count). The van der Waals surface area contributed by atoms with E-state index in [2.05, 4.69) is 15.6 Å². The van der Waals surface area contributed by atoms with E-state index in [9.17, 15) is 35.5 Å². The van der Waals surface area contributed by atoms with E-state index in [1.165, 1.54) is 24.3 Å². The summed E-state index contributed by atoms with van der Waals surface area (Å²) in [4.78, 5) is 15.8. The molecule has 1 heterocycles. The number of alkyl halides is 6. The van der Waals surface area contributed by atoms with E-state index < -0.39 is 29.4 Å². The zero-order valence-corrected chi connectivity index (χ0v) is 18.1. The normalized spacial score (nSPS) is 18.9. The third-order valence-electron chi connectivity index (χ3n) is 5.95. The van der Waals surface area contributed by atoms with Crippen LogP contribution in [0.3, 0.4) is 0 Å². The first-order chi connectivity index (χ1) is 16.4. The molecule has 1 fully saturated rings. The van der Waals surface area contributed by atoms with Gasteiger partial charge in [-0.1, -0.05) is 0 Å². The molecule has 35 heavy (non-hydrogen) atoms. The van der Waals surface area contributed by atoms with Crippen molar-refractivity contribution in [3.8, 4) is 0 Å². The number of fused-ring (bicyclic) bond motifs is 1. The Bertz CT molecular complexity index is 1210. The highest BCUT2D eigenvalue weighted by atomic mass is 19.4. The van der Waals surface area contributed by atoms with Crippen molar-refractivity contribution in [2.75, 3.05) is 5.32 Å². The van der Waals surface area contributed by atoms with E-state index in [1.54, 1.807) is 0 Å². The molecule has 1 aliphatic rings. The van der Waals surface area contributed by atoms with Crippen LogP contribution in [0.25, 0.3) is 10.9 Å². The molecule has 1 aliphatic carbocycles. The number of benzene rings is 2. The van der Waals surface area contributed by atoms with Gasteiger partial charge in [0.05, 0.1) is 11.1 Å². The molecule has 3 aromatic rings. The predicted octanol–water partition coefficient (Wildman–Crippen LogP) is 6.56. The van der Waals surface area contributed by atoms with Crippen LogP contribution in [0.2, 0.25) is 0 Å². The Kier molecular flexibility index (Phi) is 6.61. The zero-order chi connectivity index (χ0) is 25.4. The second kappa shape index (κ2) is 9.35. The third-order valence-corrected chi connectivity index (χ3v) is 5.95. The lowest BCUT2D eigenvalue weighted by atomic mass is 9.90. The largest absolute Gasteiger partial charge is 0.433 e. The minimum Gasteiger partial charge on any atom is -0.382 e. The molecular formula is C24H20F7N3O. The molecule has 1 amide bonds. The Morgan fingerprint density at radius 1 is 0.829 bits per heavy atom. The number of amides is 1. The van der Waals surface area contributed by atoms with Crippen molar-refractivity contribution in [3.63, 3.8) is 0 Å². The lowest BCUT2D eigenvalue weighted by molar-refractivity contribution is -0.141. The molecule has 0 atom stereocenters. The van der Waals surface area contributed by atoms with Gasteiger partial charge in [-0.25, -0.2) is 9.37 Å². The summed E-state index contributed by atoms with van der Waals surface area (Å²) in [6.45, 7) is 0. The van der Waals surface area contributed by atoms with E-state index in [-0.39, 0.29) is 34.6 Å². The van der Waals surface area contributed by atoms with Crippen molar-refractivity contribution >= 4 is 22.5 Å². The van der Waals surface area contributed by atoms with Crippen molar-refractivity contribution in [1.29, 1.82) is 0 Å². The summed E-state index contributed by atoms with van der Waals surface area (Å²) in [5.74, 6) is -0.830. The summed E-state index contributed by atoms with van der Waals surface area (Å²) in [7, 11) is 0. The SMILES string of the molecule is O=C(NC1CCC(Nc2cc(C(F)(F)F)nc3ccc(C(F)(F)F)cc23)CC1)c1ccc(F)cc1. The summed E-state index contributed by atoms with van der Waals surface area (Å²) in [6, 6.07) is 7.72. The van der Waals surface area contributed by atoms with Crippen LogP contribution in [0.5, 0.6) is 0 Å². The van der Waals surface area contributed by atoms with Gasteiger partial charge in [0, 0.05) is 28.7 Å². The molecule has 0 bridgehead atoms. The number of nitrogens with zero attached hydrogens (tertiary/aromatic N) is 1. The molecule has 2 N–H and O–H groups in total. The Morgan fingerprint density at radius 2 is 1.46 bits per heavy atom. The zero-order valence-electron chi connectivity index (χ0n) is 18.1. The number of pyridine rings is 1. The van der Waals surface area contributed by atoms with Gasteiger partial charge >= 0.3 is 12.4 Å². The number of aromatic nitrogens is 1. The number of hydrogen-bond donors (Lipinski definition) is 2. The van der Waals surface area contributed by atoms with Crippen LogP contribution in [0.4, 0.5) is 36.4 Å². The van der Waals surface area contributed by atoms with Crippen LogP contribution in [-0.2, 0) is 12.4 Å². The third kappa shape index (κ3) is 5.83. The Morgan fingerprint density at radius 3 is 2.06 bits per heavy atom. The van der Waals surface area contributed by atoms with Gasteiger partial charge < -0.3 is 10.6 Å². The van der Waals surface area contributed by atoms with Gasteiger partial charge in [0.15, 0.2) is 0 Å². The maximum atomic E-state index is 13.3. The molecule has 0 unspecified atom stereocenters. The van der Waals surface area contributed by atoms with Crippen molar-refractivity contribution in [2.45, 2.75) is 50.1 Å². The van der Waals surface area contributed by atoms with E-state index in [0.717, 1.165) is 18.2 Å². The molecule has 0 radical (unpaired) electrons. The lowest BCUT2D eigenvalue weighted by Gasteiger charge is -2.31. The maximum Gasteiger partial charge on any atom is 0.433 e. The quantitative estimate of drug-likeness (QED) is 0.400. The van der Waals surface area contributed by atoms with Gasteiger partial charge in [0.1, 0.15) is 11.5 Å². The topological polar surface area (TPSA) is 54.0 Å². The second-order valence-electron chi connectivity index (χ2n) is 8.46. The van der Waals surface area contributed by atoms with Crippen LogP contribution >= 0.6 is 0 Å². The standard InChI is InChI=1S/C24H20F7N3O/c25-15-4-1-13(2-5-15)22(35)33-17-8-6-16(7-9-17)32-20-12-21(24(29,30)31)34-19-10-3-14(11-18(19)20)23(26,27)28/h1-5,10-12,16-17H,6-9H2,(H,32,34)(H,33,35). The molecule has 0 spiro atoms. The lowest BCUT2D eigenvalue weighted by Crippen LogP contribution is -2.40. The number of anilines is 1. The number of rotatable bonds is 4. The Hall–Kier alpha value is -3.37. The molecule has 186 valence electrons. The highest BCUT2D eigenvalue weighted by Gasteiger charge is 2.35. The van der Waals surface area contributed by atoms with Crippen LogP contribution in [-0.4, -0.2) is 23.0 Å². The molecule has 1 aromatic heterocycles. The second-order valence-corrected chi connectivity index (χ2v) is 8.46. The number of carbonyl (C=O) groups is 1. The van der Waals surface area contributed by atoms with Gasteiger partial charge in [0.25, 0.3) is 5.91 Å². The van der Waals surface area contributed by atoms with E-state index in [0.29, 0.717) is 37.3 Å². The monoisotopic (exact) mass is 499 g/mol. The highest BCUT2D eigenvalue weighted by molar-refractivity contribution is 5.94. The highest BCUT2D eigenvalue weighted by Crippen LogP contribution is 2.37. The maximum absolute atomic E-state index is 13.3. The molecule has 0 saturated heterocycles. The predicted molar refractivity (Wildman–Crippen MR) is 115 cm³/mol. The molecule has 4 nitrogen and oxygen atoms in total. The van der Waals surface area contributed by atoms with Crippen LogP contribution in [0.15, 0.2) is 48.5 Å². The fourth-order valence-corrected chi connectivity index (χ4v) is 4.14. The number of nitrogens with one attached hydrogen (secondary N) is 2. The van der Waals surface area contributed by atoms with Gasteiger partial charge in [0.2, 0.25) is 0 Å². The average molecular weight is 499 g/mol. The number of carbonyl (C=O) groups excluding carboxylic acids is 1. The van der Waals surface area contributed by atoms with Crippen LogP contribution in [0.1, 0.15) is 47.3 Å². The Labute approximate surface area is 195 Å². The summed E-state index contributed by atoms with van der Waals surface area (Å²) in [6.07, 6.45) is -7.47. The Balaban J connectivity index is 1.50. The van der Waals surface area contributed by atoms with E-state index >= 15 is 0 Å². The summed E-state index contributed by atoms with van der Waals surface area (Å²) >= 11 is 0. The molecule has 0 aliphatic heterocycles. The van der Waals surface area contributed by atoms with Gasteiger partial charge in [-0.2, -0.15) is 26.3 Å². The molecule has 11 heteroatoms. The van der Waals surface area contributed by atoms with Crippen LogP contribution in [0, 0.1) is 5.82 Å². The van der Waals surface area contributed by atoms with Gasteiger partial charge in [-0.3, -0.25) is 4.79 Å². The minimum atomic E-state index is -4.77. The molecular weight excluding hydrogens is 479 g/mol. The first-order valence-electron chi connectivity index (χ1n) is 10.8. The van der Waals surface area contributed by atoms with Crippen molar-refractivity contribution in [2.24, 2.45) is 0 Å². The average Bonchev–Trinajstić information content (AvgIpc) is 2.79. The van der Waals surface area contributed by atoms with Crippen LogP contribution < -0.4 is 10.6 Å². The van der Waals surface area contributed by atoms with Gasteiger partial charge in [-0.05, 0) is 74.2 Å². The summed E-state index contributed by atoms with van der Waals surface area (Å²) in [5, 5.41) is 5.76. The number of halogens is 7. The first kappa shape index (κ1) is 24.7. The fourth-order valence-electron chi connectivity index (χ4n) is 4.14. The van der Waals surface area contributed by atoms with Crippen molar-refractivity contribution < 1.29 is 35.5 Å². The van der Waals surface area contributed by atoms with E-state index in [1.807, 2.05) is 0 Å². The minimum absolute atomic E-state index is 0.0560. The van der Waals surface area contributed by atoms with Gasteiger partial charge in [-0.15, -0.1) is 0 Å². The fraction of sp³-hybridized carbons (Fsp3) is 0.333. The smallest absolute Gasteiger partial charge is 0.382 e. The summed E-state index contributed by atoms with van der Waals surface area (Å²) < 4.78 is 92.6. The van der Waals surface area contributed by atoms with Crippen molar-refractivity contribution in [1.82, 2.24) is 10.3 Å².